The molecule has 22 heavy (non-hydrogen) atoms. The van der Waals surface area contributed by atoms with E-state index in [1.165, 1.54) is 21.9 Å². The van der Waals surface area contributed by atoms with Crippen LogP contribution in [0.1, 0.15) is 25.9 Å². The van der Waals surface area contributed by atoms with Crippen molar-refractivity contribution in [1.29, 1.82) is 0 Å². The SMILES string of the molecule is Cc1nc(CNC(=O)c2cn3c(=O)[nH]c(=O)c(C)c3s2)cs1. The van der Waals surface area contributed by atoms with Crippen molar-refractivity contribution in [2.24, 2.45) is 0 Å². The first-order valence-electron chi connectivity index (χ1n) is 6.40. The lowest BCUT2D eigenvalue weighted by molar-refractivity contribution is 0.0954. The van der Waals surface area contributed by atoms with Crippen molar-refractivity contribution < 1.29 is 4.79 Å². The molecule has 3 heterocycles. The van der Waals surface area contributed by atoms with Crippen LogP contribution in [0, 0.1) is 13.8 Å². The standard InChI is InChI=1S/C13H12N4O3S2/c1-6-10(18)16-13(20)17-4-9(22-12(6)17)11(19)14-3-8-5-21-7(2)15-8/h4-5H,3H2,1-2H3,(H,14,19)(H,16,18,20). The highest BCUT2D eigenvalue weighted by atomic mass is 32.1. The van der Waals surface area contributed by atoms with Crippen LogP contribution in [0.3, 0.4) is 0 Å². The van der Waals surface area contributed by atoms with Crippen molar-refractivity contribution in [2.75, 3.05) is 0 Å². The summed E-state index contributed by atoms with van der Waals surface area (Å²) in [6.07, 6.45) is 1.44. The van der Waals surface area contributed by atoms with Crippen LogP contribution in [0.5, 0.6) is 0 Å². The van der Waals surface area contributed by atoms with E-state index in [4.69, 9.17) is 0 Å². The zero-order chi connectivity index (χ0) is 15.9. The number of fused-ring (bicyclic) bond motifs is 1. The molecule has 1 amide bonds. The molecule has 0 saturated carbocycles. The van der Waals surface area contributed by atoms with Gasteiger partial charge in [0.2, 0.25) is 0 Å². The number of aromatic nitrogens is 3. The fourth-order valence-corrected chi connectivity index (χ4v) is 3.59. The van der Waals surface area contributed by atoms with E-state index in [9.17, 15) is 14.4 Å². The molecule has 114 valence electrons. The molecule has 3 rings (SSSR count). The molecule has 0 atom stereocenters. The lowest BCUT2D eigenvalue weighted by Gasteiger charge is -1.99. The molecule has 0 fully saturated rings. The Bertz CT molecular complexity index is 979. The average Bonchev–Trinajstić information content (AvgIpc) is 3.09. The molecule has 3 aromatic heterocycles. The molecule has 0 aliphatic rings. The molecule has 0 spiro atoms. The highest BCUT2D eigenvalue weighted by Gasteiger charge is 2.14. The zero-order valence-corrected chi connectivity index (χ0v) is 13.4. The third-order valence-electron chi connectivity index (χ3n) is 3.09. The Morgan fingerprint density at radius 2 is 2.18 bits per heavy atom. The largest absolute Gasteiger partial charge is 0.346 e. The van der Waals surface area contributed by atoms with Gasteiger partial charge in [0.05, 0.1) is 17.2 Å². The Morgan fingerprint density at radius 3 is 2.86 bits per heavy atom. The van der Waals surface area contributed by atoms with E-state index in [2.05, 4.69) is 15.3 Å². The summed E-state index contributed by atoms with van der Waals surface area (Å²) in [4.78, 5) is 42.8. The van der Waals surface area contributed by atoms with Gasteiger partial charge < -0.3 is 5.32 Å². The minimum Gasteiger partial charge on any atom is -0.346 e. The predicted octanol–water partition coefficient (Wildman–Crippen LogP) is 1.05. The number of nitrogens with zero attached hydrogens (tertiary/aromatic N) is 2. The number of nitrogens with one attached hydrogen (secondary N) is 2. The molecule has 7 nitrogen and oxygen atoms in total. The number of thiazole rings is 2. The van der Waals surface area contributed by atoms with E-state index in [1.54, 1.807) is 6.92 Å². The van der Waals surface area contributed by atoms with Crippen molar-refractivity contribution in [1.82, 2.24) is 19.7 Å². The van der Waals surface area contributed by atoms with E-state index in [-0.39, 0.29) is 5.91 Å². The van der Waals surface area contributed by atoms with Gasteiger partial charge in [0.15, 0.2) is 0 Å². The van der Waals surface area contributed by atoms with Crippen LogP contribution in [0.4, 0.5) is 0 Å². The first kappa shape index (κ1) is 14.7. The number of H-pyrrole nitrogens is 1. The third-order valence-corrected chi connectivity index (χ3v) is 5.12. The van der Waals surface area contributed by atoms with Crippen LogP contribution in [-0.2, 0) is 6.54 Å². The number of aromatic amines is 1. The summed E-state index contributed by atoms with van der Waals surface area (Å²) >= 11 is 2.63. The summed E-state index contributed by atoms with van der Waals surface area (Å²) in [7, 11) is 0. The topological polar surface area (TPSA) is 96.3 Å². The minimum atomic E-state index is -0.545. The summed E-state index contributed by atoms with van der Waals surface area (Å²) in [5.41, 5.74) is 0.229. The van der Waals surface area contributed by atoms with Crippen LogP contribution in [0.25, 0.3) is 4.83 Å². The van der Waals surface area contributed by atoms with Gasteiger partial charge >= 0.3 is 5.69 Å². The van der Waals surface area contributed by atoms with Crippen LogP contribution in [0.2, 0.25) is 0 Å². The lowest BCUT2D eigenvalue weighted by Crippen LogP contribution is -2.26. The normalized spacial score (nSPS) is 11.0. The Labute approximate surface area is 132 Å². The molecule has 3 aromatic rings. The van der Waals surface area contributed by atoms with E-state index in [1.807, 2.05) is 12.3 Å². The summed E-state index contributed by atoms with van der Waals surface area (Å²) in [6.45, 7) is 3.84. The molecule has 0 aromatic carbocycles. The van der Waals surface area contributed by atoms with Crippen molar-refractivity contribution in [2.45, 2.75) is 20.4 Å². The highest BCUT2D eigenvalue weighted by Crippen LogP contribution is 2.17. The Balaban J connectivity index is 1.88. The monoisotopic (exact) mass is 336 g/mol. The summed E-state index contributed by atoms with van der Waals surface area (Å²) in [5, 5.41) is 5.57. The second-order valence-electron chi connectivity index (χ2n) is 4.70. The summed E-state index contributed by atoms with van der Waals surface area (Å²) < 4.78 is 1.28. The number of rotatable bonds is 3. The third kappa shape index (κ3) is 2.60. The minimum absolute atomic E-state index is 0.300. The van der Waals surface area contributed by atoms with Crippen LogP contribution >= 0.6 is 22.7 Å². The number of carbonyl (C=O) groups is 1. The Morgan fingerprint density at radius 1 is 1.41 bits per heavy atom. The smallest absolute Gasteiger partial charge is 0.333 e. The van der Waals surface area contributed by atoms with Gasteiger partial charge in [0.25, 0.3) is 11.5 Å². The predicted molar refractivity (Wildman–Crippen MR) is 84.9 cm³/mol. The molecule has 0 aliphatic carbocycles. The number of hydrogen-bond donors (Lipinski definition) is 2. The van der Waals surface area contributed by atoms with Gasteiger partial charge in [0.1, 0.15) is 9.71 Å². The Kier molecular flexibility index (Phi) is 3.67. The Hall–Kier alpha value is -2.26. The molecular formula is C13H12N4O3S2. The van der Waals surface area contributed by atoms with Crippen molar-refractivity contribution >= 4 is 33.4 Å². The first-order chi connectivity index (χ1) is 10.5. The molecule has 9 heteroatoms. The first-order valence-corrected chi connectivity index (χ1v) is 8.09. The second kappa shape index (κ2) is 5.50. The quantitative estimate of drug-likeness (QED) is 0.747. The van der Waals surface area contributed by atoms with E-state index in [0.717, 1.165) is 22.0 Å². The maximum atomic E-state index is 12.2. The maximum absolute atomic E-state index is 12.2. The molecule has 2 N–H and O–H groups in total. The molecular weight excluding hydrogens is 324 g/mol. The van der Waals surface area contributed by atoms with Gasteiger partial charge in [-0.1, -0.05) is 0 Å². The fourth-order valence-electron chi connectivity index (χ4n) is 1.96. The molecule has 0 aliphatic heterocycles. The van der Waals surface area contributed by atoms with Gasteiger partial charge in [-0.15, -0.1) is 22.7 Å². The number of amides is 1. The second-order valence-corrected chi connectivity index (χ2v) is 6.79. The number of hydrogen-bond acceptors (Lipinski definition) is 6. The lowest BCUT2D eigenvalue weighted by atomic mass is 10.4. The van der Waals surface area contributed by atoms with Gasteiger partial charge in [-0.25, -0.2) is 9.78 Å². The van der Waals surface area contributed by atoms with Crippen molar-refractivity contribution in [3.8, 4) is 0 Å². The molecule has 0 unspecified atom stereocenters. The molecule has 0 bridgehead atoms. The van der Waals surface area contributed by atoms with Crippen molar-refractivity contribution in [3.05, 3.63) is 53.6 Å². The van der Waals surface area contributed by atoms with Gasteiger partial charge in [0, 0.05) is 17.1 Å². The average molecular weight is 336 g/mol. The summed E-state index contributed by atoms with van der Waals surface area (Å²) in [5.74, 6) is -0.300. The maximum Gasteiger partial charge on any atom is 0.333 e. The summed E-state index contributed by atoms with van der Waals surface area (Å²) in [6, 6.07) is 0. The van der Waals surface area contributed by atoms with Crippen LogP contribution in [0.15, 0.2) is 21.2 Å². The van der Waals surface area contributed by atoms with Crippen LogP contribution < -0.4 is 16.6 Å². The molecule has 0 saturated heterocycles. The van der Waals surface area contributed by atoms with Gasteiger partial charge in [-0.2, -0.15) is 0 Å². The van der Waals surface area contributed by atoms with Crippen molar-refractivity contribution in [3.63, 3.8) is 0 Å². The molecule has 0 radical (unpaired) electrons. The van der Waals surface area contributed by atoms with E-state index >= 15 is 0 Å². The zero-order valence-electron chi connectivity index (χ0n) is 11.8. The highest BCUT2D eigenvalue weighted by molar-refractivity contribution is 7.19. The fraction of sp³-hybridized carbons (Fsp3) is 0.231. The number of aryl methyl sites for hydroxylation is 2. The van der Waals surface area contributed by atoms with Crippen LogP contribution in [-0.4, -0.2) is 20.3 Å². The van der Waals surface area contributed by atoms with Gasteiger partial charge in [-0.3, -0.25) is 19.0 Å². The van der Waals surface area contributed by atoms with E-state index < -0.39 is 11.2 Å². The van der Waals surface area contributed by atoms with Gasteiger partial charge in [-0.05, 0) is 13.8 Å². The van der Waals surface area contributed by atoms with E-state index in [0.29, 0.717) is 21.8 Å². The number of carbonyl (C=O) groups excluding carboxylic acids is 1.